The second kappa shape index (κ2) is 7.13. The van der Waals surface area contributed by atoms with Crippen molar-refractivity contribution in [3.63, 3.8) is 0 Å². The topological polar surface area (TPSA) is 73.7 Å². The number of piperidine rings is 1. The molecule has 1 aromatic rings. The number of hydrogen-bond acceptors (Lipinski definition) is 4. The standard InChI is InChI=1S/C21H29N3O3/c1-15-6-7-18(22-12-15)23-10-4-5-16(13-23)19(25)24-14-17(20(26)27)11-21(24)8-2-3-9-21/h6-7,12,16-17H,2-5,8-11,13-14H2,1H3,(H,26,27). The van der Waals surface area contributed by atoms with Gasteiger partial charge >= 0.3 is 5.97 Å². The number of anilines is 1. The number of aromatic nitrogens is 1. The molecule has 1 spiro atoms. The minimum absolute atomic E-state index is 0.0631. The average molecular weight is 371 g/mol. The molecule has 1 aliphatic carbocycles. The number of aliphatic carboxylic acids is 1. The van der Waals surface area contributed by atoms with Crippen LogP contribution in [0.1, 0.15) is 50.5 Å². The normalized spacial score (nSPS) is 27.3. The van der Waals surface area contributed by atoms with Gasteiger partial charge in [-0.15, -0.1) is 0 Å². The van der Waals surface area contributed by atoms with Crippen LogP contribution < -0.4 is 4.90 Å². The van der Waals surface area contributed by atoms with E-state index in [9.17, 15) is 14.7 Å². The Morgan fingerprint density at radius 2 is 1.93 bits per heavy atom. The third kappa shape index (κ3) is 3.42. The predicted molar refractivity (Wildman–Crippen MR) is 103 cm³/mol. The van der Waals surface area contributed by atoms with Gasteiger partial charge in [0, 0.05) is 31.4 Å². The number of hydrogen-bond donors (Lipinski definition) is 1. The number of amides is 1. The molecule has 2 aliphatic heterocycles. The summed E-state index contributed by atoms with van der Waals surface area (Å²) in [7, 11) is 0. The van der Waals surface area contributed by atoms with Crippen LogP contribution >= 0.6 is 0 Å². The lowest BCUT2D eigenvalue weighted by molar-refractivity contribution is -0.142. The van der Waals surface area contributed by atoms with Gasteiger partial charge in [0.25, 0.3) is 0 Å². The number of carbonyl (C=O) groups is 2. The Balaban J connectivity index is 1.51. The Hall–Kier alpha value is -2.11. The van der Waals surface area contributed by atoms with Crippen LogP contribution in [0.25, 0.3) is 0 Å². The summed E-state index contributed by atoms with van der Waals surface area (Å²) in [5, 5.41) is 9.53. The van der Waals surface area contributed by atoms with Crippen LogP contribution in [-0.2, 0) is 9.59 Å². The zero-order valence-electron chi connectivity index (χ0n) is 16.1. The molecule has 0 radical (unpaired) electrons. The Labute approximate surface area is 160 Å². The lowest BCUT2D eigenvalue weighted by atomic mass is 9.89. The summed E-state index contributed by atoms with van der Waals surface area (Å²) in [6.07, 6.45) is 8.45. The van der Waals surface area contributed by atoms with Crippen molar-refractivity contribution < 1.29 is 14.7 Å². The minimum atomic E-state index is -0.759. The van der Waals surface area contributed by atoms with E-state index < -0.39 is 11.9 Å². The fourth-order valence-electron chi connectivity index (χ4n) is 5.30. The van der Waals surface area contributed by atoms with Gasteiger partial charge in [-0.25, -0.2) is 4.98 Å². The Kier molecular flexibility index (Phi) is 4.82. The fraction of sp³-hybridized carbons (Fsp3) is 0.667. The molecule has 0 bridgehead atoms. The number of rotatable bonds is 3. The van der Waals surface area contributed by atoms with Crippen molar-refractivity contribution in [3.8, 4) is 0 Å². The first kappa shape index (κ1) is 18.3. The van der Waals surface area contributed by atoms with E-state index >= 15 is 0 Å². The van der Waals surface area contributed by atoms with E-state index in [2.05, 4.69) is 16.0 Å². The number of pyridine rings is 1. The van der Waals surface area contributed by atoms with Gasteiger partial charge in [-0.3, -0.25) is 9.59 Å². The third-order valence-electron chi connectivity index (χ3n) is 6.74. The van der Waals surface area contributed by atoms with Crippen LogP contribution in [-0.4, -0.2) is 52.0 Å². The maximum atomic E-state index is 13.4. The first-order chi connectivity index (χ1) is 13.0. The number of likely N-dealkylation sites (tertiary alicyclic amines) is 1. The van der Waals surface area contributed by atoms with E-state index in [-0.39, 0.29) is 17.4 Å². The molecule has 6 nitrogen and oxygen atoms in total. The molecule has 4 rings (SSSR count). The highest BCUT2D eigenvalue weighted by atomic mass is 16.4. The van der Waals surface area contributed by atoms with Crippen LogP contribution in [0.15, 0.2) is 18.3 Å². The van der Waals surface area contributed by atoms with Crippen molar-refractivity contribution in [3.05, 3.63) is 23.9 Å². The highest BCUT2D eigenvalue weighted by Gasteiger charge is 2.52. The van der Waals surface area contributed by atoms with Crippen LogP contribution in [0, 0.1) is 18.8 Å². The first-order valence-corrected chi connectivity index (χ1v) is 10.2. The molecule has 2 saturated heterocycles. The highest BCUT2D eigenvalue weighted by molar-refractivity contribution is 5.82. The van der Waals surface area contributed by atoms with Crippen molar-refractivity contribution in [2.45, 2.75) is 57.4 Å². The van der Waals surface area contributed by atoms with Gasteiger partial charge in [-0.1, -0.05) is 18.9 Å². The van der Waals surface area contributed by atoms with E-state index in [1.165, 1.54) is 0 Å². The largest absolute Gasteiger partial charge is 0.481 e. The molecule has 1 N–H and O–H groups in total. The molecular formula is C21H29N3O3. The number of carbonyl (C=O) groups excluding carboxylic acids is 1. The SMILES string of the molecule is Cc1ccc(N2CCCC(C(=O)N3CC(C(=O)O)CC34CCCC4)C2)nc1. The summed E-state index contributed by atoms with van der Waals surface area (Å²) in [5.41, 5.74) is 0.924. The summed E-state index contributed by atoms with van der Waals surface area (Å²) in [4.78, 5) is 33.7. The molecule has 2 atom stereocenters. The van der Waals surface area contributed by atoms with Crippen LogP contribution in [0.3, 0.4) is 0 Å². The molecule has 27 heavy (non-hydrogen) atoms. The van der Waals surface area contributed by atoms with Gasteiger partial charge in [0.1, 0.15) is 5.82 Å². The summed E-state index contributed by atoms with van der Waals surface area (Å²) in [6.45, 7) is 4.00. The molecule has 1 aromatic heterocycles. The van der Waals surface area contributed by atoms with Crippen molar-refractivity contribution in [1.82, 2.24) is 9.88 Å². The summed E-state index contributed by atoms with van der Waals surface area (Å²) in [5.74, 6) is -0.140. The zero-order valence-corrected chi connectivity index (χ0v) is 16.1. The lowest BCUT2D eigenvalue weighted by Crippen LogP contribution is -2.51. The number of aryl methyl sites for hydroxylation is 1. The van der Waals surface area contributed by atoms with Gasteiger partial charge in [-0.2, -0.15) is 0 Å². The van der Waals surface area contributed by atoms with E-state index in [0.717, 1.165) is 56.5 Å². The van der Waals surface area contributed by atoms with E-state index in [0.29, 0.717) is 19.5 Å². The third-order valence-corrected chi connectivity index (χ3v) is 6.74. The molecule has 146 valence electrons. The molecule has 3 heterocycles. The first-order valence-electron chi connectivity index (χ1n) is 10.2. The van der Waals surface area contributed by atoms with Gasteiger partial charge < -0.3 is 14.9 Å². The maximum absolute atomic E-state index is 13.4. The lowest BCUT2D eigenvalue weighted by Gasteiger charge is -2.40. The van der Waals surface area contributed by atoms with Crippen LogP contribution in [0.2, 0.25) is 0 Å². The fourth-order valence-corrected chi connectivity index (χ4v) is 5.30. The van der Waals surface area contributed by atoms with E-state index in [4.69, 9.17) is 0 Å². The molecule has 3 fully saturated rings. The average Bonchev–Trinajstić information content (AvgIpc) is 3.30. The molecule has 6 heteroatoms. The van der Waals surface area contributed by atoms with Crippen molar-refractivity contribution in [2.75, 3.05) is 24.5 Å². The molecule has 1 saturated carbocycles. The Morgan fingerprint density at radius 1 is 1.15 bits per heavy atom. The quantitative estimate of drug-likeness (QED) is 0.884. The summed E-state index contributed by atoms with van der Waals surface area (Å²) in [6, 6.07) is 4.08. The molecular weight excluding hydrogens is 342 g/mol. The monoisotopic (exact) mass is 371 g/mol. The second-order valence-corrected chi connectivity index (χ2v) is 8.60. The molecule has 2 unspecified atom stereocenters. The smallest absolute Gasteiger partial charge is 0.308 e. The van der Waals surface area contributed by atoms with Crippen molar-refractivity contribution in [1.29, 1.82) is 0 Å². The summed E-state index contributed by atoms with van der Waals surface area (Å²) >= 11 is 0. The molecule has 3 aliphatic rings. The van der Waals surface area contributed by atoms with Crippen LogP contribution in [0.4, 0.5) is 5.82 Å². The molecule has 0 aromatic carbocycles. The van der Waals surface area contributed by atoms with Gasteiger partial charge in [0.05, 0.1) is 11.8 Å². The Bertz CT molecular complexity index is 712. The van der Waals surface area contributed by atoms with E-state index in [1.807, 2.05) is 24.1 Å². The van der Waals surface area contributed by atoms with Crippen molar-refractivity contribution >= 4 is 17.7 Å². The van der Waals surface area contributed by atoms with E-state index in [1.54, 1.807) is 0 Å². The van der Waals surface area contributed by atoms with Gasteiger partial charge in [-0.05, 0) is 50.7 Å². The van der Waals surface area contributed by atoms with Crippen LogP contribution in [0.5, 0.6) is 0 Å². The maximum Gasteiger partial charge on any atom is 0.308 e. The van der Waals surface area contributed by atoms with Crippen molar-refractivity contribution in [2.24, 2.45) is 11.8 Å². The number of carboxylic acids is 1. The predicted octanol–water partition coefficient (Wildman–Crippen LogP) is 2.85. The molecule has 1 amide bonds. The van der Waals surface area contributed by atoms with Gasteiger partial charge in [0.2, 0.25) is 5.91 Å². The second-order valence-electron chi connectivity index (χ2n) is 8.60. The Morgan fingerprint density at radius 3 is 2.59 bits per heavy atom. The highest BCUT2D eigenvalue weighted by Crippen LogP contribution is 2.46. The van der Waals surface area contributed by atoms with Gasteiger partial charge in [0.15, 0.2) is 0 Å². The zero-order chi connectivity index (χ0) is 19.0. The number of nitrogens with zero attached hydrogens (tertiary/aromatic N) is 3. The number of carboxylic acid groups (broad SMARTS) is 1. The minimum Gasteiger partial charge on any atom is -0.481 e. The summed E-state index contributed by atoms with van der Waals surface area (Å²) < 4.78 is 0.